The number of anilines is 1. The maximum atomic E-state index is 13.5. The molecule has 7 fully saturated rings. The van der Waals surface area contributed by atoms with Crippen LogP contribution in [0.25, 0.3) is 6.08 Å². The third-order valence-electron chi connectivity index (χ3n) is 27.1. The first kappa shape index (κ1) is 112. The molecule has 7 aliphatic carbocycles. The topological polar surface area (TPSA) is 238 Å². The van der Waals surface area contributed by atoms with Gasteiger partial charge in [-0.1, -0.05) is 255 Å². The molecule has 0 amide bonds. The largest absolute Gasteiger partial charge is 0.493 e. The molecular weight excluding hydrogens is 1690 g/mol. The van der Waals surface area contributed by atoms with Crippen molar-refractivity contribution < 1.29 is 78.4 Å². The lowest BCUT2D eigenvalue weighted by Gasteiger charge is -2.27. The minimum Gasteiger partial charge on any atom is -0.493 e. The second kappa shape index (κ2) is 67.2. The molecular formula is C118H174FNO15. The number of ether oxygens (including phenoxy) is 7. The van der Waals surface area contributed by atoms with Crippen LogP contribution in [0.2, 0.25) is 0 Å². The summed E-state index contributed by atoms with van der Waals surface area (Å²) in [4.78, 5) is 0. The molecule has 0 aromatic heterocycles. The van der Waals surface area contributed by atoms with Crippen LogP contribution in [0.15, 0.2) is 170 Å². The van der Waals surface area contributed by atoms with Gasteiger partial charge in [-0.3, -0.25) is 0 Å². The summed E-state index contributed by atoms with van der Waals surface area (Å²) in [6, 6.07) is 52.2. The molecule has 7 aliphatic rings. The molecule has 0 radical (unpaired) electrons. The molecule has 12 atom stereocenters. The molecule has 7 aromatic carbocycles. The highest BCUT2D eigenvalue weighted by Crippen LogP contribution is 2.36. The zero-order valence-corrected chi connectivity index (χ0v) is 83.6. The van der Waals surface area contributed by atoms with Gasteiger partial charge >= 0.3 is 0 Å². The predicted octanol–water partition coefficient (Wildman–Crippen LogP) is 27.9. The summed E-state index contributed by atoms with van der Waals surface area (Å²) in [5.74, 6) is 15.4. The lowest BCUT2D eigenvalue weighted by atomic mass is 9.87. The van der Waals surface area contributed by atoms with Crippen LogP contribution in [0.3, 0.4) is 0 Å². The number of aliphatic hydroxyl groups is 8. The first-order chi connectivity index (χ1) is 65.8. The van der Waals surface area contributed by atoms with Crippen LogP contribution in [0.5, 0.6) is 40.2 Å². The minimum absolute atomic E-state index is 0.157. The molecule has 0 heterocycles. The number of allylic oxidation sites excluding steroid dienone is 1. The van der Waals surface area contributed by atoms with E-state index in [1.54, 1.807) is 6.07 Å². The first-order valence-electron chi connectivity index (χ1n) is 53.0. The maximum absolute atomic E-state index is 13.5. The van der Waals surface area contributed by atoms with Gasteiger partial charge in [-0.25, -0.2) is 4.39 Å². The number of rotatable bonds is 38. The van der Waals surface area contributed by atoms with E-state index in [4.69, 9.17) is 33.2 Å². The Labute approximate surface area is 813 Å². The monoisotopic (exact) mass is 1860 g/mol. The van der Waals surface area contributed by atoms with Crippen molar-refractivity contribution in [2.24, 2.45) is 41.4 Å². The molecule has 7 saturated carbocycles. The van der Waals surface area contributed by atoms with Gasteiger partial charge in [0.25, 0.3) is 0 Å². The van der Waals surface area contributed by atoms with E-state index >= 15 is 0 Å². The Bertz CT molecular complexity index is 4180. The van der Waals surface area contributed by atoms with Crippen LogP contribution < -0.4 is 38.5 Å². The van der Waals surface area contributed by atoms with E-state index in [9.17, 15) is 45.2 Å². The van der Waals surface area contributed by atoms with Crippen molar-refractivity contribution in [1.82, 2.24) is 0 Å². The number of benzene rings is 7. The van der Waals surface area contributed by atoms with Gasteiger partial charge in [-0.05, 0) is 290 Å². The van der Waals surface area contributed by atoms with Crippen molar-refractivity contribution in [2.45, 2.75) is 367 Å². The van der Waals surface area contributed by atoms with E-state index in [0.29, 0.717) is 49.9 Å². The van der Waals surface area contributed by atoms with Gasteiger partial charge in [0.05, 0.1) is 95.1 Å². The number of hydrogen-bond donors (Lipinski definition) is 9. The summed E-state index contributed by atoms with van der Waals surface area (Å²) in [5.41, 5.74) is 6.76. The van der Waals surface area contributed by atoms with Crippen molar-refractivity contribution in [3.05, 3.63) is 209 Å². The second-order valence-electron chi connectivity index (χ2n) is 39.0. The van der Waals surface area contributed by atoms with Crippen LogP contribution in [-0.2, 0) is 0 Å². The van der Waals surface area contributed by atoms with E-state index in [1.165, 1.54) is 115 Å². The average Bonchev–Trinajstić information content (AvgIpc) is 0.924. The fraction of sp³-hybridized carbons (Fsp3) is 0.610. The van der Waals surface area contributed by atoms with Crippen molar-refractivity contribution >= 4 is 11.8 Å². The molecule has 0 saturated heterocycles. The van der Waals surface area contributed by atoms with Crippen LogP contribution in [0, 0.1) is 59.1 Å². The van der Waals surface area contributed by atoms with Gasteiger partial charge in [0.2, 0.25) is 0 Å². The van der Waals surface area contributed by atoms with Gasteiger partial charge in [0.1, 0.15) is 46.1 Å². The quantitative estimate of drug-likeness (QED) is 0.0164. The number of hydrogen-bond acceptors (Lipinski definition) is 16. The summed E-state index contributed by atoms with van der Waals surface area (Å²) >= 11 is 0. The molecule has 7 aromatic rings. The molecule has 0 bridgehead atoms. The molecule has 9 N–H and O–H groups in total. The fourth-order valence-electron chi connectivity index (χ4n) is 19.0. The smallest absolute Gasteiger partial charge is 0.127 e. The standard InChI is InChI=1S/C17H23FO.4C17H26O3.C17H22O.C16H25NO/c1-2-3-7-15-10-16(18)12-17(11-15)19-13-14-8-5-4-6-9-14;2*1-2-5-17(19)14-7-4-9-16(11-14)20-12-13-6-3-8-15(18)10-13;2*1-2-6-16(18)13-8-5-9-15(11-13)20-12-14-7-3-4-10-17(14)19;1-2-3-8-15-11-7-12-17(13-15)18-14-16-9-5-4-6-10-16;1-2-11-17-15-9-6-10-16(12-15)18-13-14-7-4-3-5-8-14/h3,7,10-12,14H,2,4-6,8-9,13H2,1H3;2*4,7,9,11,13,15,17-19H,2-3,5-6,8,10,12H2,1H3;2*5,8-9,11,14,16-19H,2-4,6-7,10,12H2,1H3;7,11-13,16H,2,4-6,9-10,14H2,1H3;6,9-10,12,14,17H,2-5,7-8,11,13H2,1H3/b7-3+;;;;;;/t;13-,15-,17+;13-,15-,17-;14-,16+,17-;14-,16-,17+;;/m.0101../s1. The van der Waals surface area contributed by atoms with Gasteiger partial charge in [-0.2, -0.15) is 0 Å². The van der Waals surface area contributed by atoms with Gasteiger partial charge in [0, 0.05) is 48.2 Å². The van der Waals surface area contributed by atoms with E-state index < -0.39 is 24.4 Å². The first-order valence-corrected chi connectivity index (χ1v) is 53.0. The van der Waals surface area contributed by atoms with Gasteiger partial charge in [-0.15, -0.1) is 0 Å². The van der Waals surface area contributed by atoms with Crippen molar-refractivity contribution in [1.29, 1.82) is 0 Å². The lowest BCUT2D eigenvalue weighted by Crippen LogP contribution is -2.29. The van der Waals surface area contributed by atoms with Gasteiger partial charge in [0.15, 0.2) is 0 Å². The summed E-state index contributed by atoms with van der Waals surface area (Å²) in [6.45, 7) is 20.5. The summed E-state index contributed by atoms with van der Waals surface area (Å²) in [7, 11) is 0. The third-order valence-corrected chi connectivity index (χ3v) is 27.1. The predicted molar refractivity (Wildman–Crippen MR) is 550 cm³/mol. The van der Waals surface area contributed by atoms with E-state index in [0.717, 1.165) is 272 Å². The molecule has 0 unspecified atom stereocenters. The Balaban J connectivity index is 0.000000194. The number of halogens is 1. The molecule has 0 spiro atoms. The van der Waals surface area contributed by atoms with Crippen molar-refractivity contribution in [2.75, 3.05) is 58.1 Å². The van der Waals surface area contributed by atoms with Crippen molar-refractivity contribution in [3.8, 4) is 52.1 Å². The number of nitrogens with one attached hydrogen (secondary N) is 1. The fourth-order valence-corrected chi connectivity index (χ4v) is 19.0. The summed E-state index contributed by atoms with van der Waals surface area (Å²) < 4.78 is 54.4. The van der Waals surface area contributed by atoms with E-state index in [1.807, 2.05) is 140 Å². The molecule has 16 nitrogen and oxygen atoms in total. The molecule has 748 valence electrons. The highest BCUT2D eigenvalue weighted by atomic mass is 19.1. The molecule has 135 heavy (non-hydrogen) atoms. The Morgan fingerprint density at radius 2 is 0.681 bits per heavy atom. The molecule has 17 heteroatoms. The molecule has 14 rings (SSSR count). The van der Waals surface area contributed by atoms with Gasteiger partial charge < -0.3 is 79.3 Å². The summed E-state index contributed by atoms with van der Waals surface area (Å²) in [5, 5.41) is 82.6. The average molecular weight is 1870 g/mol. The van der Waals surface area contributed by atoms with E-state index in [2.05, 4.69) is 89.9 Å². The highest BCUT2D eigenvalue weighted by molar-refractivity contribution is 5.52. The highest BCUT2D eigenvalue weighted by Gasteiger charge is 2.28. The second-order valence-corrected chi connectivity index (χ2v) is 39.0. The third kappa shape index (κ3) is 46.0. The summed E-state index contributed by atoms with van der Waals surface area (Å²) in [6.07, 6.45) is 48.1. The Hall–Kier alpha value is -8.15. The zero-order valence-electron chi connectivity index (χ0n) is 83.6. The SMILES string of the molecule is CC/C=C/c1cc(F)cc(OCC2CCCCC2)c1.CCC#Cc1cccc(OCC2CCCCC2)c1.CCCNc1cccc(OCC2CCCCC2)c1.CCC[C@@H](O)c1cccc(OC[C@@H]2CCCC[C@@H]2O)c1.CCC[C@@H](O)c1cccc(OC[C@@H]2CCC[C@@H](O)C2)c1.CCC[C@@H](O)c1cccc(OC[C@H]2CCCC[C@@H]2O)c1.CCC[C@@H](O)c1cccc(OC[C@H]2CCC[C@H](O)C2)c1. The lowest BCUT2D eigenvalue weighted by molar-refractivity contribution is 0.0419. The minimum atomic E-state index is -0.413. The zero-order chi connectivity index (χ0) is 96.3. The van der Waals surface area contributed by atoms with Crippen LogP contribution >= 0.6 is 0 Å². The van der Waals surface area contributed by atoms with E-state index in [-0.39, 0.29) is 42.1 Å². The van der Waals surface area contributed by atoms with Crippen LogP contribution in [-0.4, -0.2) is 118 Å². The Kier molecular flexibility index (Phi) is 55.8. The van der Waals surface area contributed by atoms with Crippen molar-refractivity contribution in [3.63, 3.8) is 0 Å². The Morgan fingerprint density at radius 3 is 1.05 bits per heavy atom. The van der Waals surface area contributed by atoms with Crippen LogP contribution in [0.1, 0.15) is 376 Å². The maximum Gasteiger partial charge on any atom is 0.127 e. The Morgan fingerprint density at radius 1 is 0.341 bits per heavy atom. The molecule has 0 aliphatic heterocycles. The normalized spacial score (nSPS) is 21.1. The van der Waals surface area contributed by atoms with Crippen LogP contribution in [0.4, 0.5) is 10.1 Å². The number of aliphatic hydroxyl groups excluding tert-OH is 8.